The van der Waals surface area contributed by atoms with E-state index in [0.717, 1.165) is 42.0 Å². The minimum Gasteiger partial charge on any atom is -0.496 e. The van der Waals surface area contributed by atoms with Gasteiger partial charge >= 0.3 is 0 Å². The molecule has 0 bridgehead atoms. The average molecular weight is 640 g/mol. The number of aliphatic hydroxyl groups excluding tert-OH is 1. The van der Waals surface area contributed by atoms with Gasteiger partial charge in [0.15, 0.2) is 5.65 Å². The Labute approximate surface area is 269 Å². The van der Waals surface area contributed by atoms with Crippen LogP contribution in [0.3, 0.4) is 0 Å². The average Bonchev–Trinajstić information content (AvgIpc) is 3.43. The summed E-state index contributed by atoms with van der Waals surface area (Å²) < 4.78 is 34.8. The number of aromatic nitrogens is 3. The Morgan fingerprint density at radius 1 is 1.09 bits per heavy atom. The quantitative estimate of drug-likeness (QED) is 0.258. The number of likely N-dealkylation sites (N-methyl/N-ethyl adjacent to an activating group) is 2. The molecule has 1 N–H and O–H groups in total. The fourth-order valence-corrected chi connectivity index (χ4v) is 7.22. The van der Waals surface area contributed by atoms with Crippen LogP contribution in [0.1, 0.15) is 34.0 Å². The maximum atomic E-state index is 13.9. The Morgan fingerprint density at radius 2 is 1.80 bits per heavy atom. The van der Waals surface area contributed by atoms with Crippen LogP contribution in [0.5, 0.6) is 5.75 Å². The summed E-state index contributed by atoms with van der Waals surface area (Å²) in [5, 5.41) is 9.71. The van der Waals surface area contributed by atoms with Crippen LogP contribution in [0.15, 0.2) is 78.0 Å². The summed E-state index contributed by atoms with van der Waals surface area (Å²) in [7, 11) is 1.37. The lowest BCUT2D eigenvalue weighted by atomic mass is 9.95. The van der Waals surface area contributed by atoms with Gasteiger partial charge in [-0.3, -0.25) is 4.79 Å². The third-order valence-electron chi connectivity index (χ3n) is 8.38. The topological polar surface area (TPSA) is 118 Å². The van der Waals surface area contributed by atoms with Crippen molar-refractivity contribution >= 4 is 27.1 Å². The van der Waals surface area contributed by atoms with Gasteiger partial charge in [-0.05, 0) is 74.8 Å². The van der Waals surface area contributed by atoms with E-state index in [9.17, 15) is 18.3 Å². The highest BCUT2D eigenvalue weighted by Gasteiger charge is 2.26. The molecule has 0 saturated carbocycles. The highest BCUT2D eigenvalue weighted by molar-refractivity contribution is 7.90. The predicted octanol–water partition coefficient (Wildman–Crippen LogP) is 4.76. The molecule has 3 heterocycles. The number of methoxy groups -OCH3 is 1. The number of aryl methyl sites for hydroxylation is 1. The first kappa shape index (κ1) is 31.4. The second-order valence-corrected chi connectivity index (χ2v) is 13.8. The molecule has 1 aliphatic rings. The first-order valence-electron chi connectivity index (χ1n) is 15.1. The molecule has 3 aromatic carbocycles. The van der Waals surface area contributed by atoms with Gasteiger partial charge in [0.1, 0.15) is 11.3 Å². The van der Waals surface area contributed by atoms with E-state index >= 15 is 0 Å². The molecule has 46 heavy (non-hydrogen) atoms. The molecular weight excluding hydrogens is 602 g/mol. The van der Waals surface area contributed by atoms with Gasteiger partial charge in [0, 0.05) is 55.1 Å². The zero-order valence-corrected chi connectivity index (χ0v) is 27.4. The number of carbonyl (C=O) groups is 1. The monoisotopic (exact) mass is 639 g/mol. The fourth-order valence-electron chi connectivity index (χ4n) is 5.91. The Bertz CT molecular complexity index is 2020. The third kappa shape index (κ3) is 5.89. The van der Waals surface area contributed by atoms with Crippen LogP contribution in [-0.4, -0.2) is 83.6 Å². The molecule has 1 aliphatic heterocycles. The van der Waals surface area contributed by atoms with Crippen LogP contribution < -0.4 is 4.74 Å². The number of benzene rings is 3. The number of fused-ring (bicyclic) bond motifs is 2. The largest absolute Gasteiger partial charge is 0.496 e. The molecule has 10 nitrogen and oxygen atoms in total. The second kappa shape index (κ2) is 12.3. The highest BCUT2D eigenvalue weighted by atomic mass is 32.2. The zero-order chi connectivity index (χ0) is 32.7. The highest BCUT2D eigenvalue weighted by Crippen LogP contribution is 2.36. The van der Waals surface area contributed by atoms with Crippen LogP contribution in [0, 0.1) is 6.92 Å². The molecule has 6 rings (SSSR count). The Morgan fingerprint density at radius 3 is 2.48 bits per heavy atom. The van der Waals surface area contributed by atoms with Gasteiger partial charge in [-0.2, -0.15) is 0 Å². The van der Waals surface area contributed by atoms with Gasteiger partial charge in [0.05, 0.1) is 30.0 Å². The number of aliphatic hydroxyl groups is 1. The van der Waals surface area contributed by atoms with E-state index in [1.165, 1.54) is 14.4 Å². The molecular formula is C35H37N5O5S. The summed E-state index contributed by atoms with van der Waals surface area (Å²) in [6, 6.07) is 17.7. The molecule has 2 aromatic heterocycles. The van der Waals surface area contributed by atoms with Crippen molar-refractivity contribution in [3.05, 3.63) is 95.3 Å². The molecule has 1 atom stereocenters. The van der Waals surface area contributed by atoms with Crippen LogP contribution in [0.4, 0.5) is 0 Å². The van der Waals surface area contributed by atoms with Gasteiger partial charge in [0.25, 0.3) is 15.9 Å². The molecule has 0 fully saturated rings. The SMILES string of the molecule is COc1cc(-c2cnc3c(n2)c(-c2ccc(C(=O)N(C)C[C@@H](C)O)cc2)cn3S(=O)(=O)c2ccc(C)cc2)cc2c1CN(C)CC2. The molecule has 0 radical (unpaired) electrons. The van der Waals surface area contributed by atoms with Gasteiger partial charge in [0.2, 0.25) is 0 Å². The van der Waals surface area contributed by atoms with Crippen molar-refractivity contribution in [3.8, 4) is 28.1 Å². The van der Waals surface area contributed by atoms with E-state index in [4.69, 9.17) is 9.72 Å². The van der Waals surface area contributed by atoms with Crippen molar-refractivity contribution < 1.29 is 23.1 Å². The number of amides is 1. The molecule has 238 valence electrons. The standard InChI is InChI=1S/C35H37N5O5S/c1-22-6-12-28(13-7-22)46(43,44)40-21-30(24-8-10-25(11-9-24)35(42)39(4)19-23(2)41)33-34(40)36-18-31(37-33)27-16-26-14-15-38(3)20-29(26)32(17-27)45-5/h6-13,16-18,21,23,41H,14-15,19-20H2,1-5H3/t23-/m1/s1. The first-order chi connectivity index (χ1) is 22.0. The maximum Gasteiger partial charge on any atom is 0.269 e. The summed E-state index contributed by atoms with van der Waals surface area (Å²) in [6.07, 6.45) is 3.37. The van der Waals surface area contributed by atoms with E-state index < -0.39 is 16.1 Å². The Kier molecular flexibility index (Phi) is 8.41. The number of rotatable bonds is 8. The second-order valence-electron chi connectivity index (χ2n) is 12.0. The first-order valence-corrected chi connectivity index (χ1v) is 16.5. The summed E-state index contributed by atoms with van der Waals surface area (Å²) in [4.78, 5) is 26.5. The molecule has 0 unspecified atom stereocenters. The number of ether oxygens (including phenoxy) is 1. The van der Waals surface area contributed by atoms with Crippen molar-refractivity contribution in [2.45, 2.75) is 37.8 Å². The summed E-state index contributed by atoms with van der Waals surface area (Å²) in [5.74, 6) is 0.549. The lowest BCUT2D eigenvalue weighted by molar-refractivity contribution is 0.0703. The minimum atomic E-state index is -4.01. The van der Waals surface area contributed by atoms with Crippen LogP contribution in [0.2, 0.25) is 0 Å². The summed E-state index contributed by atoms with van der Waals surface area (Å²) in [5.41, 5.74) is 7.00. The molecule has 1 amide bonds. The van der Waals surface area contributed by atoms with Crippen molar-refractivity contribution in [2.24, 2.45) is 0 Å². The normalized spacial score (nSPS) is 14.2. The number of carbonyl (C=O) groups excluding carboxylic acids is 1. The molecule has 0 aliphatic carbocycles. The van der Waals surface area contributed by atoms with E-state index in [0.29, 0.717) is 27.9 Å². The number of hydrogen-bond donors (Lipinski definition) is 1. The van der Waals surface area contributed by atoms with Crippen LogP contribution >= 0.6 is 0 Å². The van der Waals surface area contributed by atoms with Gasteiger partial charge in [-0.25, -0.2) is 22.4 Å². The van der Waals surface area contributed by atoms with Gasteiger partial charge < -0.3 is 19.6 Å². The van der Waals surface area contributed by atoms with Crippen molar-refractivity contribution in [1.82, 2.24) is 23.7 Å². The molecule has 11 heteroatoms. The Hall–Kier alpha value is -4.58. The Balaban J connectivity index is 1.49. The minimum absolute atomic E-state index is 0.138. The summed E-state index contributed by atoms with van der Waals surface area (Å²) >= 11 is 0. The van der Waals surface area contributed by atoms with E-state index in [-0.39, 0.29) is 23.0 Å². The van der Waals surface area contributed by atoms with E-state index in [1.54, 1.807) is 82.0 Å². The molecule has 5 aromatic rings. The van der Waals surface area contributed by atoms with Crippen LogP contribution in [-0.2, 0) is 23.0 Å². The summed E-state index contributed by atoms with van der Waals surface area (Å²) in [6.45, 7) is 5.45. The van der Waals surface area contributed by atoms with Crippen LogP contribution in [0.25, 0.3) is 33.5 Å². The molecule has 0 spiro atoms. The third-order valence-corrected chi connectivity index (χ3v) is 10.0. The fraction of sp³-hybridized carbons (Fsp3) is 0.286. The molecule has 0 saturated heterocycles. The zero-order valence-electron chi connectivity index (χ0n) is 26.6. The smallest absolute Gasteiger partial charge is 0.269 e. The van der Waals surface area contributed by atoms with Gasteiger partial charge in [-0.15, -0.1) is 0 Å². The maximum absolute atomic E-state index is 13.9. The van der Waals surface area contributed by atoms with Crippen molar-refractivity contribution in [2.75, 3.05) is 34.3 Å². The van der Waals surface area contributed by atoms with E-state index in [2.05, 4.69) is 23.0 Å². The van der Waals surface area contributed by atoms with Crippen molar-refractivity contribution in [1.29, 1.82) is 0 Å². The number of nitrogens with zero attached hydrogens (tertiary/aromatic N) is 5. The van der Waals surface area contributed by atoms with Gasteiger partial charge in [-0.1, -0.05) is 29.8 Å². The lowest BCUT2D eigenvalue weighted by Gasteiger charge is -2.27. The van der Waals surface area contributed by atoms with Crippen molar-refractivity contribution in [3.63, 3.8) is 0 Å². The number of hydrogen-bond acceptors (Lipinski definition) is 8. The lowest BCUT2D eigenvalue weighted by Crippen LogP contribution is -2.32. The van der Waals surface area contributed by atoms with E-state index in [1.807, 2.05) is 13.0 Å². The predicted molar refractivity (Wildman–Crippen MR) is 177 cm³/mol.